The molecule has 0 bridgehead atoms. The van der Waals surface area contributed by atoms with E-state index in [-0.39, 0.29) is 16.8 Å². The van der Waals surface area contributed by atoms with E-state index in [0.717, 1.165) is 0 Å². The summed E-state index contributed by atoms with van der Waals surface area (Å²) in [6.07, 6.45) is 1.38. The predicted octanol–water partition coefficient (Wildman–Crippen LogP) is 4.92. The van der Waals surface area contributed by atoms with Crippen molar-refractivity contribution >= 4 is 52.6 Å². The number of non-ortho nitro benzene ring substituents is 1. The van der Waals surface area contributed by atoms with Gasteiger partial charge in [0.15, 0.2) is 0 Å². The molecule has 0 atom stereocenters. The van der Waals surface area contributed by atoms with E-state index < -0.39 is 16.7 Å². The van der Waals surface area contributed by atoms with Crippen molar-refractivity contribution in [2.45, 2.75) is 0 Å². The molecule has 156 valence electrons. The summed E-state index contributed by atoms with van der Waals surface area (Å²) in [5.74, 6) is -1.05. The quantitative estimate of drug-likeness (QED) is 0.311. The summed E-state index contributed by atoms with van der Waals surface area (Å²) in [5.41, 5.74) is 3.46. The van der Waals surface area contributed by atoms with Crippen LogP contribution in [0.15, 0.2) is 71.8 Å². The highest BCUT2D eigenvalue weighted by molar-refractivity contribution is 6.36. The summed E-state index contributed by atoms with van der Waals surface area (Å²) in [4.78, 5) is 35.0. The van der Waals surface area contributed by atoms with Crippen molar-refractivity contribution < 1.29 is 14.5 Å². The van der Waals surface area contributed by atoms with Crippen LogP contribution in [0.5, 0.6) is 0 Å². The molecule has 0 unspecified atom stereocenters. The molecule has 0 fully saturated rings. The number of nitro benzene ring substituents is 1. The zero-order valence-electron chi connectivity index (χ0n) is 15.7. The normalized spacial score (nSPS) is 10.6. The first-order valence-corrected chi connectivity index (χ1v) is 9.53. The fourth-order valence-corrected chi connectivity index (χ4v) is 2.99. The predicted molar refractivity (Wildman–Crippen MR) is 119 cm³/mol. The molecule has 3 aromatic rings. The molecule has 0 aliphatic carbocycles. The number of halogens is 2. The lowest BCUT2D eigenvalue weighted by atomic mass is 10.1. The summed E-state index contributed by atoms with van der Waals surface area (Å²) < 4.78 is 0. The average Bonchev–Trinajstić information content (AvgIpc) is 2.75. The first-order valence-electron chi connectivity index (χ1n) is 8.78. The summed E-state index contributed by atoms with van der Waals surface area (Å²) in [6.45, 7) is 0. The molecule has 10 heteroatoms. The summed E-state index contributed by atoms with van der Waals surface area (Å²) >= 11 is 11.9. The number of carbonyl (C=O) groups excluding carboxylic acids is 2. The van der Waals surface area contributed by atoms with Crippen LogP contribution in [0, 0.1) is 10.1 Å². The number of hydrogen-bond donors (Lipinski definition) is 2. The molecule has 0 aromatic heterocycles. The number of benzene rings is 3. The molecule has 0 aliphatic rings. The van der Waals surface area contributed by atoms with Gasteiger partial charge in [0, 0.05) is 39.5 Å². The molecular weight excluding hydrogens is 443 g/mol. The minimum atomic E-state index is -0.584. The van der Waals surface area contributed by atoms with Gasteiger partial charge >= 0.3 is 0 Å². The summed E-state index contributed by atoms with van der Waals surface area (Å²) in [5, 5.41) is 18.2. The Kier molecular flexibility index (Phi) is 6.96. The second kappa shape index (κ2) is 9.84. The number of nitrogens with zero attached hydrogens (tertiary/aromatic N) is 2. The number of nitrogens with one attached hydrogen (secondary N) is 2. The van der Waals surface area contributed by atoms with E-state index in [1.807, 2.05) is 0 Å². The van der Waals surface area contributed by atoms with E-state index >= 15 is 0 Å². The third kappa shape index (κ3) is 5.88. The van der Waals surface area contributed by atoms with Crippen LogP contribution in [-0.4, -0.2) is 23.0 Å². The number of carbonyl (C=O) groups is 2. The van der Waals surface area contributed by atoms with Gasteiger partial charge in [-0.1, -0.05) is 41.4 Å². The van der Waals surface area contributed by atoms with Crippen molar-refractivity contribution in [3.8, 4) is 0 Å². The summed E-state index contributed by atoms with van der Waals surface area (Å²) in [7, 11) is 0. The van der Waals surface area contributed by atoms with Crippen molar-refractivity contribution in [1.29, 1.82) is 0 Å². The molecule has 0 aliphatic heterocycles. The van der Waals surface area contributed by atoms with Crippen LogP contribution in [-0.2, 0) is 0 Å². The topological polar surface area (TPSA) is 114 Å². The van der Waals surface area contributed by atoms with Gasteiger partial charge in [-0.25, -0.2) is 5.43 Å². The molecule has 8 nitrogen and oxygen atoms in total. The van der Waals surface area contributed by atoms with Gasteiger partial charge in [-0.05, 0) is 36.4 Å². The fourth-order valence-electron chi connectivity index (χ4n) is 2.53. The van der Waals surface area contributed by atoms with Gasteiger partial charge in [0.2, 0.25) is 0 Å². The van der Waals surface area contributed by atoms with E-state index in [9.17, 15) is 19.7 Å². The van der Waals surface area contributed by atoms with Gasteiger partial charge in [-0.3, -0.25) is 19.7 Å². The van der Waals surface area contributed by atoms with Crippen LogP contribution >= 0.6 is 23.2 Å². The van der Waals surface area contributed by atoms with Gasteiger partial charge in [-0.2, -0.15) is 5.10 Å². The molecule has 31 heavy (non-hydrogen) atoms. The Morgan fingerprint density at radius 1 is 0.935 bits per heavy atom. The first kappa shape index (κ1) is 21.9. The van der Waals surface area contributed by atoms with E-state index in [1.165, 1.54) is 36.5 Å². The molecule has 3 aromatic carbocycles. The SMILES string of the molecule is O=C(N/N=C/c1ccc(Cl)cc1Cl)c1cccc(NC(=O)c2cccc([N+](=O)[O-])c2)c1. The lowest BCUT2D eigenvalue weighted by molar-refractivity contribution is -0.384. The molecule has 0 heterocycles. The highest BCUT2D eigenvalue weighted by atomic mass is 35.5. The zero-order valence-corrected chi connectivity index (χ0v) is 17.2. The standard InChI is InChI=1S/C21H14Cl2N4O4/c22-16-8-7-15(19(23)11-16)12-24-26-21(29)13-3-1-5-17(9-13)25-20(28)14-4-2-6-18(10-14)27(30)31/h1-12H,(H,25,28)(H,26,29)/b24-12+. The number of amides is 2. The van der Waals surface area contributed by atoms with Crippen LogP contribution in [0.1, 0.15) is 26.3 Å². The number of hydrazone groups is 1. The van der Waals surface area contributed by atoms with Crippen molar-refractivity contribution in [2.24, 2.45) is 5.10 Å². The fraction of sp³-hybridized carbons (Fsp3) is 0. The van der Waals surface area contributed by atoms with Crippen LogP contribution in [0.25, 0.3) is 0 Å². The number of rotatable bonds is 6. The molecule has 0 saturated heterocycles. The minimum absolute atomic E-state index is 0.119. The average molecular weight is 457 g/mol. The van der Waals surface area contributed by atoms with E-state index in [0.29, 0.717) is 21.3 Å². The first-order chi connectivity index (χ1) is 14.8. The van der Waals surface area contributed by atoms with Crippen molar-refractivity contribution in [2.75, 3.05) is 5.32 Å². The lowest BCUT2D eigenvalue weighted by Crippen LogP contribution is -2.18. The zero-order chi connectivity index (χ0) is 22.4. The van der Waals surface area contributed by atoms with Gasteiger partial charge in [0.05, 0.1) is 16.2 Å². The van der Waals surface area contributed by atoms with E-state index in [1.54, 1.807) is 36.4 Å². The maximum absolute atomic E-state index is 12.4. The van der Waals surface area contributed by atoms with E-state index in [4.69, 9.17) is 23.2 Å². The third-order valence-corrected chi connectivity index (χ3v) is 4.60. The Labute approximate surface area is 186 Å². The van der Waals surface area contributed by atoms with Crippen LogP contribution < -0.4 is 10.7 Å². The molecule has 0 saturated carbocycles. The molecule has 3 rings (SSSR count). The molecule has 0 spiro atoms. The second-order valence-corrected chi connectivity index (χ2v) is 7.05. The molecule has 2 amide bonds. The number of anilines is 1. The second-order valence-electron chi connectivity index (χ2n) is 6.21. The van der Waals surface area contributed by atoms with Gasteiger partial charge < -0.3 is 5.32 Å². The Morgan fingerprint density at radius 2 is 1.65 bits per heavy atom. The third-order valence-electron chi connectivity index (χ3n) is 4.03. The Balaban J connectivity index is 1.67. The molecular formula is C21H14Cl2N4O4. The smallest absolute Gasteiger partial charge is 0.271 e. The summed E-state index contributed by atoms with van der Waals surface area (Å²) in [6, 6.07) is 16.4. The van der Waals surface area contributed by atoms with Crippen molar-refractivity contribution in [3.63, 3.8) is 0 Å². The monoisotopic (exact) mass is 456 g/mol. The Hall–Kier alpha value is -3.75. The van der Waals surface area contributed by atoms with Gasteiger partial charge in [-0.15, -0.1) is 0 Å². The maximum atomic E-state index is 12.4. The van der Waals surface area contributed by atoms with E-state index in [2.05, 4.69) is 15.8 Å². The molecule has 0 radical (unpaired) electrons. The minimum Gasteiger partial charge on any atom is -0.322 e. The van der Waals surface area contributed by atoms with Crippen LogP contribution in [0.4, 0.5) is 11.4 Å². The lowest BCUT2D eigenvalue weighted by Gasteiger charge is -2.07. The highest BCUT2D eigenvalue weighted by Gasteiger charge is 2.13. The highest BCUT2D eigenvalue weighted by Crippen LogP contribution is 2.19. The molecule has 2 N–H and O–H groups in total. The number of hydrogen-bond acceptors (Lipinski definition) is 5. The Bertz CT molecular complexity index is 1200. The van der Waals surface area contributed by atoms with Gasteiger partial charge in [0.25, 0.3) is 17.5 Å². The van der Waals surface area contributed by atoms with Crippen molar-refractivity contribution in [1.82, 2.24) is 5.43 Å². The largest absolute Gasteiger partial charge is 0.322 e. The number of nitro groups is 1. The van der Waals surface area contributed by atoms with Crippen molar-refractivity contribution in [3.05, 3.63) is 104 Å². The van der Waals surface area contributed by atoms with Crippen LogP contribution in [0.2, 0.25) is 10.0 Å². The maximum Gasteiger partial charge on any atom is 0.271 e. The van der Waals surface area contributed by atoms with Crippen LogP contribution in [0.3, 0.4) is 0 Å². The van der Waals surface area contributed by atoms with Gasteiger partial charge in [0.1, 0.15) is 0 Å². The Morgan fingerprint density at radius 3 is 2.35 bits per heavy atom.